The lowest BCUT2D eigenvalue weighted by Crippen LogP contribution is -2.04. The minimum Gasteiger partial charge on any atom is -0.249 e. The van der Waals surface area contributed by atoms with Crippen LogP contribution in [-0.4, -0.2) is 15.0 Å². The van der Waals surface area contributed by atoms with E-state index in [4.69, 9.17) is 0 Å². The van der Waals surface area contributed by atoms with Crippen LogP contribution in [0.1, 0.15) is 58.6 Å². The maximum Gasteiger partial charge on any atom is 0.0725 e. The van der Waals surface area contributed by atoms with Crippen LogP contribution in [0.4, 0.5) is 0 Å². The van der Waals surface area contributed by atoms with Gasteiger partial charge in [0, 0.05) is 6.54 Å². The highest BCUT2D eigenvalue weighted by Crippen LogP contribution is 2.10. The molecule has 0 saturated carbocycles. The van der Waals surface area contributed by atoms with Crippen LogP contribution in [0.2, 0.25) is 0 Å². The van der Waals surface area contributed by atoms with E-state index < -0.39 is 0 Å². The van der Waals surface area contributed by atoms with Gasteiger partial charge >= 0.3 is 0 Å². The zero-order chi connectivity index (χ0) is 11.8. The minimum absolute atomic E-state index is 0.840. The van der Waals surface area contributed by atoms with Crippen molar-refractivity contribution in [3.63, 3.8) is 0 Å². The number of aromatic nitrogens is 3. The van der Waals surface area contributed by atoms with E-state index in [1.807, 2.05) is 10.9 Å². The molecule has 0 amide bonds. The number of hydrogen-bond donors (Lipinski definition) is 0. The van der Waals surface area contributed by atoms with E-state index in [1.165, 1.54) is 31.4 Å². The van der Waals surface area contributed by atoms with Crippen LogP contribution in [0.15, 0.2) is 6.20 Å². The van der Waals surface area contributed by atoms with Crippen LogP contribution >= 0.6 is 0 Å². The summed E-state index contributed by atoms with van der Waals surface area (Å²) in [6.45, 7) is 7.76. The highest BCUT2D eigenvalue weighted by Gasteiger charge is 2.02. The van der Waals surface area contributed by atoms with Gasteiger partial charge in [-0.1, -0.05) is 45.2 Å². The number of unbranched alkanes of at least 4 members (excludes halogenated alkanes) is 2. The lowest BCUT2D eigenvalue weighted by molar-refractivity contribution is 0.513. The third-order valence-electron chi connectivity index (χ3n) is 2.85. The van der Waals surface area contributed by atoms with Crippen molar-refractivity contribution in [1.29, 1.82) is 0 Å². The SMILES string of the molecule is CCCn1nncc1CCCCCC(C)C. The Bertz CT molecular complexity index is 278. The van der Waals surface area contributed by atoms with Crippen LogP contribution in [0, 0.1) is 5.92 Å². The van der Waals surface area contributed by atoms with E-state index in [-0.39, 0.29) is 0 Å². The Morgan fingerprint density at radius 3 is 2.75 bits per heavy atom. The van der Waals surface area contributed by atoms with Crippen LogP contribution in [0.3, 0.4) is 0 Å². The van der Waals surface area contributed by atoms with E-state index in [1.54, 1.807) is 0 Å². The van der Waals surface area contributed by atoms with Crippen LogP contribution < -0.4 is 0 Å². The van der Waals surface area contributed by atoms with Gasteiger partial charge in [-0.05, 0) is 25.2 Å². The molecule has 1 aromatic heterocycles. The molecule has 0 spiro atoms. The molecule has 1 aromatic rings. The van der Waals surface area contributed by atoms with E-state index in [9.17, 15) is 0 Å². The fourth-order valence-electron chi connectivity index (χ4n) is 1.91. The van der Waals surface area contributed by atoms with E-state index in [2.05, 4.69) is 31.1 Å². The third-order valence-corrected chi connectivity index (χ3v) is 2.85. The molecule has 92 valence electrons. The Kier molecular flexibility index (Phi) is 6.12. The van der Waals surface area contributed by atoms with Crippen molar-refractivity contribution in [2.75, 3.05) is 0 Å². The summed E-state index contributed by atoms with van der Waals surface area (Å²) in [4.78, 5) is 0. The summed E-state index contributed by atoms with van der Waals surface area (Å²) in [5, 5.41) is 8.08. The first kappa shape index (κ1) is 13.2. The average Bonchev–Trinajstić information content (AvgIpc) is 2.65. The van der Waals surface area contributed by atoms with Gasteiger partial charge in [0.25, 0.3) is 0 Å². The zero-order valence-corrected chi connectivity index (χ0v) is 10.9. The van der Waals surface area contributed by atoms with E-state index >= 15 is 0 Å². The molecular weight excluding hydrogens is 198 g/mol. The molecule has 0 N–H and O–H groups in total. The van der Waals surface area contributed by atoms with Gasteiger partial charge < -0.3 is 0 Å². The summed E-state index contributed by atoms with van der Waals surface area (Å²) in [7, 11) is 0. The fourth-order valence-corrected chi connectivity index (χ4v) is 1.91. The largest absolute Gasteiger partial charge is 0.249 e. The molecule has 0 radical (unpaired) electrons. The van der Waals surface area contributed by atoms with Crippen LogP contribution in [0.25, 0.3) is 0 Å². The van der Waals surface area contributed by atoms with E-state index in [0.717, 1.165) is 25.3 Å². The van der Waals surface area contributed by atoms with Gasteiger partial charge in [-0.2, -0.15) is 0 Å². The molecule has 0 fully saturated rings. The molecule has 0 unspecified atom stereocenters. The zero-order valence-electron chi connectivity index (χ0n) is 10.9. The second-order valence-electron chi connectivity index (χ2n) is 4.94. The number of rotatable bonds is 8. The average molecular weight is 223 g/mol. The van der Waals surface area contributed by atoms with Crippen molar-refractivity contribution in [2.45, 2.75) is 65.8 Å². The van der Waals surface area contributed by atoms with Gasteiger partial charge in [-0.3, -0.25) is 0 Å². The first-order valence-electron chi connectivity index (χ1n) is 6.61. The highest BCUT2D eigenvalue weighted by atomic mass is 15.4. The molecule has 0 aromatic carbocycles. The van der Waals surface area contributed by atoms with Gasteiger partial charge in [0.2, 0.25) is 0 Å². The monoisotopic (exact) mass is 223 g/mol. The quantitative estimate of drug-likeness (QED) is 0.632. The summed E-state index contributed by atoms with van der Waals surface area (Å²) < 4.78 is 2.04. The summed E-state index contributed by atoms with van der Waals surface area (Å²) >= 11 is 0. The summed E-state index contributed by atoms with van der Waals surface area (Å²) in [5.74, 6) is 0.840. The predicted octanol–water partition coefficient (Wildman–Crippen LogP) is 3.45. The molecule has 16 heavy (non-hydrogen) atoms. The Morgan fingerprint density at radius 2 is 2.06 bits per heavy atom. The summed E-state index contributed by atoms with van der Waals surface area (Å²) in [5.41, 5.74) is 1.30. The standard InChI is InChI=1S/C13H25N3/c1-4-10-16-13(11-14-15-16)9-7-5-6-8-12(2)3/h11-12H,4-10H2,1-3H3. The summed E-state index contributed by atoms with van der Waals surface area (Å²) in [6, 6.07) is 0. The molecule has 0 aliphatic heterocycles. The molecule has 0 saturated heterocycles. The molecule has 3 heteroatoms. The first-order valence-corrected chi connectivity index (χ1v) is 6.61. The Hall–Kier alpha value is -0.860. The second-order valence-corrected chi connectivity index (χ2v) is 4.94. The molecule has 0 aliphatic carbocycles. The molecular formula is C13H25N3. The third kappa shape index (κ3) is 4.77. The first-order chi connectivity index (χ1) is 7.74. The normalized spacial score (nSPS) is 11.2. The molecule has 0 bridgehead atoms. The van der Waals surface area contributed by atoms with Crippen LogP contribution in [-0.2, 0) is 13.0 Å². The van der Waals surface area contributed by atoms with Crippen molar-refractivity contribution in [3.05, 3.63) is 11.9 Å². The topological polar surface area (TPSA) is 30.7 Å². The van der Waals surface area contributed by atoms with Crippen molar-refractivity contribution in [1.82, 2.24) is 15.0 Å². The van der Waals surface area contributed by atoms with Crippen molar-refractivity contribution >= 4 is 0 Å². The Balaban J connectivity index is 2.18. The maximum atomic E-state index is 4.10. The van der Waals surface area contributed by atoms with Gasteiger partial charge in [0.1, 0.15) is 0 Å². The van der Waals surface area contributed by atoms with E-state index in [0.29, 0.717) is 0 Å². The molecule has 1 heterocycles. The second kappa shape index (κ2) is 7.42. The molecule has 3 nitrogen and oxygen atoms in total. The number of aryl methyl sites for hydroxylation is 2. The number of nitrogens with zero attached hydrogens (tertiary/aromatic N) is 3. The van der Waals surface area contributed by atoms with Gasteiger partial charge in [-0.15, -0.1) is 5.10 Å². The highest BCUT2D eigenvalue weighted by molar-refractivity contribution is 4.93. The summed E-state index contributed by atoms with van der Waals surface area (Å²) in [6.07, 6.45) is 9.48. The van der Waals surface area contributed by atoms with Gasteiger partial charge in [0.05, 0.1) is 11.9 Å². The molecule has 1 rings (SSSR count). The molecule has 0 aliphatic rings. The van der Waals surface area contributed by atoms with Crippen molar-refractivity contribution in [2.24, 2.45) is 5.92 Å². The Labute approximate surface area is 99.2 Å². The number of hydrogen-bond acceptors (Lipinski definition) is 2. The lowest BCUT2D eigenvalue weighted by atomic mass is 10.0. The lowest BCUT2D eigenvalue weighted by Gasteiger charge is -2.05. The fraction of sp³-hybridized carbons (Fsp3) is 0.846. The van der Waals surface area contributed by atoms with Crippen LogP contribution in [0.5, 0.6) is 0 Å². The smallest absolute Gasteiger partial charge is 0.0725 e. The van der Waals surface area contributed by atoms with Gasteiger partial charge in [-0.25, -0.2) is 4.68 Å². The molecule has 0 atom stereocenters. The van der Waals surface area contributed by atoms with Crippen molar-refractivity contribution in [3.8, 4) is 0 Å². The predicted molar refractivity (Wildman–Crippen MR) is 67.3 cm³/mol. The minimum atomic E-state index is 0.840. The maximum absolute atomic E-state index is 4.10. The van der Waals surface area contributed by atoms with Crippen molar-refractivity contribution < 1.29 is 0 Å². The Morgan fingerprint density at radius 1 is 1.25 bits per heavy atom. The van der Waals surface area contributed by atoms with Gasteiger partial charge in [0.15, 0.2) is 0 Å².